The van der Waals surface area contributed by atoms with Gasteiger partial charge in [-0.1, -0.05) is 0 Å². The normalized spacial score (nSPS) is 9.18. The summed E-state index contributed by atoms with van der Waals surface area (Å²) in [6.45, 7) is -0.350. The average Bonchev–Trinajstić information content (AvgIpc) is 2.35. The van der Waals surface area contributed by atoms with E-state index in [1.54, 1.807) is 6.07 Å². The Bertz CT molecular complexity index is 492. The molecule has 0 atom stereocenters. The molecule has 0 saturated heterocycles. The van der Waals surface area contributed by atoms with Crippen molar-refractivity contribution in [2.75, 3.05) is 13.7 Å². The topological polar surface area (TPSA) is 102 Å². The zero-order valence-corrected chi connectivity index (χ0v) is 8.87. The monoisotopic (exact) mass is 236 g/mol. The minimum atomic E-state index is -0.706. The third-order valence-electron chi connectivity index (χ3n) is 1.89. The van der Waals surface area contributed by atoms with Gasteiger partial charge in [0.1, 0.15) is 12.4 Å². The van der Waals surface area contributed by atoms with Crippen molar-refractivity contribution in [2.24, 2.45) is 0 Å². The molecule has 1 aromatic rings. The summed E-state index contributed by atoms with van der Waals surface area (Å²) in [5, 5.41) is 19.2. The Hall–Kier alpha value is -2.62. The van der Waals surface area contributed by atoms with Gasteiger partial charge in [0.15, 0.2) is 12.4 Å². The molecule has 1 rings (SSSR count). The molecule has 0 N–H and O–H groups in total. The maximum atomic E-state index is 10.8. The van der Waals surface area contributed by atoms with Crippen LogP contribution in [-0.2, 0) is 0 Å². The van der Waals surface area contributed by atoms with Gasteiger partial charge in [-0.05, 0) is 6.07 Å². The Morgan fingerprint density at radius 1 is 1.59 bits per heavy atom. The minimum absolute atomic E-state index is 0.0385. The third kappa shape index (κ3) is 2.69. The van der Waals surface area contributed by atoms with Crippen LogP contribution in [0.3, 0.4) is 0 Å². The summed E-state index contributed by atoms with van der Waals surface area (Å²) in [7, 11) is 1.28. The molecule has 0 heterocycles. The van der Waals surface area contributed by atoms with Crippen LogP contribution >= 0.6 is 0 Å². The molecule has 88 valence electrons. The van der Waals surface area contributed by atoms with Crippen molar-refractivity contribution in [1.29, 1.82) is 5.26 Å². The van der Waals surface area contributed by atoms with Gasteiger partial charge in [-0.25, -0.2) is 0 Å². The van der Waals surface area contributed by atoms with E-state index in [1.165, 1.54) is 13.2 Å². The smallest absolute Gasteiger partial charge is 0.315 e. The van der Waals surface area contributed by atoms with Gasteiger partial charge in [-0.15, -0.1) is 0 Å². The number of carbonyl (C=O) groups is 1. The SMILES string of the molecule is COc1cc(C=O)cc([N+](=O)[O-])c1OCC#N. The highest BCUT2D eigenvalue weighted by molar-refractivity contribution is 5.79. The van der Waals surface area contributed by atoms with Crippen molar-refractivity contribution in [3.8, 4) is 17.6 Å². The first kappa shape index (κ1) is 12.4. The summed E-state index contributed by atoms with van der Waals surface area (Å²) in [6.07, 6.45) is 0.462. The molecule has 0 radical (unpaired) electrons. The number of nitro groups is 1. The van der Waals surface area contributed by atoms with Crippen LogP contribution < -0.4 is 9.47 Å². The largest absolute Gasteiger partial charge is 0.493 e. The standard InChI is InChI=1S/C10H8N2O5/c1-16-9-5-7(6-13)4-8(12(14)15)10(9)17-3-2-11/h4-6H,3H2,1H3. The fraction of sp³-hybridized carbons (Fsp3) is 0.200. The molecule has 7 heteroatoms. The second kappa shape index (κ2) is 5.46. The maximum absolute atomic E-state index is 10.8. The molecule has 7 nitrogen and oxygen atoms in total. The summed E-state index contributed by atoms with van der Waals surface area (Å²) in [4.78, 5) is 20.7. The third-order valence-corrected chi connectivity index (χ3v) is 1.89. The van der Waals surface area contributed by atoms with Gasteiger partial charge in [0.25, 0.3) is 0 Å². The molecule has 0 aliphatic heterocycles. The number of hydrogen-bond donors (Lipinski definition) is 0. The Kier molecular flexibility index (Phi) is 4.00. The lowest BCUT2D eigenvalue weighted by Gasteiger charge is -2.09. The number of ether oxygens (including phenoxy) is 2. The Labute approximate surface area is 96.3 Å². The number of benzene rings is 1. The number of nitrogens with zero attached hydrogens (tertiary/aromatic N) is 2. The fourth-order valence-electron chi connectivity index (χ4n) is 1.21. The summed E-state index contributed by atoms with van der Waals surface area (Å²) >= 11 is 0. The van der Waals surface area contributed by atoms with Crippen LogP contribution in [0.25, 0.3) is 0 Å². The number of carbonyl (C=O) groups excluding carboxylic acids is 1. The van der Waals surface area contributed by atoms with Gasteiger partial charge in [-0.3, -0.25) is 14.9 Å². The van der Waals surface area contributed by atoms with Gasteiger partial charge in [0, 0.05) is 11.6 Å². The van der Waals surface area contributed by atoms with E-state index in [2.05, 4.69) is 0 Å². The van der Waals surface area contributed by atoms with Gasteiger partial charge < -0.3 is 9.47 Å². The van der Waals surface area contributed by atoms with E-state index in [4.69, 9.17) is 14.7 Å². The van der Waals surface area contributed by atoms with Crippen molar-refractivity contribution in [3.05, 3.63) is 27.8 Å². The summed E-state index contributed by atoms with van der Waals surface area (Å²) < 4.78 is 9.80. The first-order valence-corrected chi connectivity index (χ1v) is 4.45. The van der Waals surface area contributed by atoms with Crippen LogP contribution in [0.4, 0.5) is 5.69 Å². The Balaban J connectivity index is 3.36. The quantitative estimate of drug-likeness (QED) is 0.434. The minimum Gasteiger partial charge on any atom is -0.493 e. The highest BCUT2D eigenvalue weighted by Crippen LogP contribution is 2.37. The predicted octanol–water partition coefficient (Wildman–Crippen LogP) is 1.32. The molecule has 0 amide bonds. The van der Waals surface area contributed by atoms with Crippen LogP contribution in [0.1, 0.15) is 10.4 Å². The van der Waals surface area contributed by atoms with Crippen LogP contribution in [-0.4, -0.2) is 24.9 Å². The highest BCUT2D eigenvalue weighted by atomic mass is 16.6. The maximum Gasteiger partial charge on any atom is 0.315 e. The molecule has 17 heavy (non-hydrogen) atoms. The van der Waals surface area contributed by atoms with E-state index >= 15 is 0 Å². The van der Waals surface area contributed by atoms with E-state index in [-0.39, 0.29) is 23.7 Å². The lowest BCUT2D eigenvalue weighted by molar-refractivity contribution is -0.385. The first-order chi connectivity index (χ1) is 8.13. The van der Waals surface area contributed by atoms with Crippen molar-refractivity contribution >= 4 is 12.0 Å². The molecular formula is C10H8N2O5. The summed E-state index contributed by atoms with van der Waals surface area (Å²) in [6, 6.07) is 4.05. The molecule has 0 spiro atoms. The Morgan fingerprint density at radius 3 is 2.76 bits per heavy atom. The van der Waals surface area contributed by atoms with Crippen LogP contribution in [0.15, 0.2) is 12.1 Å². The number of methoxy groups -OCH3 is 1. The molecule has 0 aliphatic rings. The number of rotatable bonds is 5. The molecule has 0 fully saturated rings. The molecular weight excluding hydrogens is 228 g/mol. The van der Waals surface area contributed by atoms with E-state index in [1.807, 2.05) is 0 Å². The fourth-order valence-corrected chi connectivity index (χ4v) is 1.21. The van der Waals surface area contributed by atoms with Crippen LogP contribution in [0.2, 0.25) is 0 Å². The molecule has 0 saturated carbocycles. The van der Waals surface area contributed by atoms with Gasteiger partial charge in [0.2, 0.25) is 5.75 Å². The molecule has 1 aromatic carbocycles. The van der Waals surface area contributed by atoms with Crippen molar-refractivity contribution in [1.82, 2.24) is 0 Å². The Morgan fingerprint density at radius 2 is 2.29 bits per heavy atom. The number of nitriles is 1. The van der Waals surface area contributed by atoms with Crippen LogP contribution in [0.5, 0.6) is 11.5 Å². The van der Waals surface area contributed by atoms with E-state index in [0.717, 1.165) is 6.07 Å². The van der Waals surface area contributed by atoms with E-state index < -0.39 is 10.6 Å². The van der Waals surface area contributed by atoms with Crippen molar-refractivity contribution in [2.45, 2.75) is 0 Å². The number of hydrogen-bond acceptors (Lipinski definition) is 6. The zero-order chi connectivity index (χ0) is 12.8. The molecule has 0 bridgehead atoms. The van der Waals surface area contributed by atoms with Gasteiger partial charge >= 0.3 is 5.69 Å². The van der Waals surface area contributed by atoms with Gasteiger partial charge in [-0.2, -0.15) is 5.26 Å². The van der Waals surface area contributed by atoms with E-state index in [9.17, 15) is 14.9 Å². The average molecular weight is 236 g/mol. The molecule has 0 aliphatic carbocycles. The lowest BCUT2D eigenvalue weighted by Crippen LogP contribution is -2.02. The van der Waals surface area contributed by atoms with E-state index in [0.29, 0.717) is 6.29 Å². The summed E-state index contributed by atoms with van der Waals surface area (Å²) in [5.41, 5.74) is -0.320. The zero-order valence-electron chi connectivity index (χ0n) is 8.87. The lowest BCUT2D eigenvalue weighted by atomic mass is 10.2. The van der Waals surface area contributed by atoms with Gasteiger partial charge in [0.05, 0.1) is 12.0 Å². The van der Waals surface area contributed by atoms with Crippen molar-refractivity contribution < 1.29 is 19.2 Å². The predicted molar refractivity (Wildman–Crippen MR) is 56.1 cm³/mol. The second-order valence-electron chi connectivity index (χ2n) is 2.89. The first-order valence-electron chi connectivity index (χ1n) is 4.45. The number of nitro benzene ring substituents is 1. The second-order valence-corrected chi connectivity index (χ2v) is 2.89. The van der Waals surface area contributed by atoms with Crippen LogP contribution in [0, 0.1) is 21.4 Å². The van der Waals surface area contributed by atoms with Crippen molar-refractivity contribution in [3.63, 3.8) is 0 Å². The summed E-state index contributed by atoms with van der Waals surface area (Å²) in [5.74, 6) is -0.124. The molecule has 0 unspecified atom stereocenters. The highest BCUT2D eigenvalue weighted by Gasteiger charge is 2.22. The number of aldehydes is 1. The molecule has 0 aromatic heterocycles.